The molecule has 0 spiro atoms. The molecule has 1 saturated heterocycles. The molecule has 2 heterocycles. The number of hydrogen-bond donors (Lipinski definition) is 0. The van der Waals surface area contributed by atoms with E-state index in [9.17, 15) is 0 Å². The topological polar surface area (TPSA) is 16.4 Å². The van der Waals surface area contributed by atoms with Gasteiger partial charge in [-0.15, -0.1) is 0 Å². The lowest BCUT2D eigenvalue weighted by molar-refractivity contribution is 0.285. The van der Waals surface area contributed by atoms with E-state index in [0.717, 1.165) is 18.2 Å². The van der Waals surface area contributed by atoms with E-state index < -0.39 is 0 Å². The molecule has 1 aromatic rings. The third-order valence-electron chi connectivity index (χ3n) is 2.91. The standard InChI is InChI=1S/C11H17NO/c1-2-10-5-6-12(8-10)9-11-4-3-7-13-11/h3-4,7,10H,2,5-6,8-9H2,1H3. The fourth-order valence-electron chi connectivity index (χ4n) is 2.01. The van der Waals surface area contributed by atoms with Gasteiger partial charge in [-0.2, -0.15) is 0 Å². The van der Waals surface area contributed by atoms with Gasteiger partial charge in [0.25, 0.3) is 0 Å². The Kier molecular flexibility index (Phi) is 2.69. The van der Waals surface area contributed by atoms with Crippen molar-refractivity contribution in [1.29, 1.82) is 0 Å². The minimum absolute atomic E-state index is 0.912. The van der Waals surface area contributed by atoms with Crippen molar-refractivity contribution in [2.45, 2.75) is 26.3 Å². The molecule has 1 atom stereocenters. The second-order valence-electron chi connectivity index (χ2n) is 3.88. The average Bonchev–Trinajstić information content (AvgIpc) is 2.76. The van der Waals surface area contributed by atoms with Crippen molar-refractivity contribution in [1.82, 2.24) is 4.90 Å². The summed E-state index contributed by atoms with van der Waals surface area (Å²) in [5, 5.41) is 0. The minimum atomic E-state index is 0.912. The molecule has 1 unspecified atom stereocenters. The Morgan fingerprint density at radius 2 is 2.54 bits per heavy atom. The van der Waals surface area contributed by atoms with Crippen LogP contribution >= 0.6 is 0 Å². The lowest BCUT2D eigenvalue weighted by Crippen LogP contribution is -2.19. The van der Waals surface area contributed by atoms with E-state index in [1.807, 2.05) is 6.07 Å². The molecule has 0 radical (unpaired) electrons. The van der Waals surface area contributed by atoms with Gasteiger partial charge in [0.1, 0.15) is 5.76 Å². The van der Waals surface area contributed by atoms with E-state index in [1.54, 1.807) is 6.26 Å². The third kappa shape index (κ3) is 2.13. The number of nitrogens with zero attached hydrogens (tertiary/aromatic N) is 1. The van der Waals surface area contributed by atoms with Crippen LogP contribution in [0.3, 0.4) is 0 Å². The molecule has 2 nitrogen and oxygen atoms in total. The second kappa shape index (κ2) is 3.97. The molecule has 1 aliphatic heterocycles. The maximum Gasteiger partial charge on any atom is 0.117 e. The third-order valence-corrected chi connectivity index (χ3v) is 2.91. The maximum atomic E-state index is 5.32. The number of rotatable bonds is 3. The van der Waals surface area contributed by atoms with E-state index in [-0.39, 0.29) is 0 Å². The summed E-state index contributed by atoms with van der Waals surface area (Å²) in [6.07, 6.45) is 4.43. The predicted molar refractivity (Wildman–Crippen MR) is 52.4 cm³/mol. The number of furan rings is 1. The van der Waals surface area contributed by atoms with Crippen molar-refractivity contribution < 1.29 is 4.42 Å². The summed E-state index contributed by atoms with van der Waals surface area (Å²) in [7, 11) is 0. The molecule has 0 aromatic carbocycles. The highest BCUT2D eigenvalue weighted by Gasteiger charge is 2.21. The molecule has 1 fully saturated rings. The van der Waals surface area contributed by atoms with Crippen LogP contribution in [0.1, 0.15) is 25.5 Å². The molecule has 2 rings (SSSR count). The Hall–Kier alpha value is -0.760. The van der Waals surface area contributed by atoms with Crippen LogP contribution in [0.5, 0.6) is 0 Å². The van der Waals surface area contributed by atoms with Crippen molar-refractivity contribution in [2.75, 3.05) is 13.1 Å². The van der Waals surface area contributed by atoms with Crippen molar-refractivity contribution >= 4 is 0 Å². The van der Waals surface area contributed by atoms with Gasteiger partial charge in [0.2, 0.25) is 0 Å². The summed E-state index contributed by atoms with van der Waals surface area (Å²) in [5.74, 6) is 2.01. The van der Waals surface area contributed by atoms with Crippen molar-refractivity contribution in [2.24, 2.45) is 5.92 Å². The van der Waals surface area contributed by atoms with Gasteiger partial charge in [0, 0.05) is 6.54 Å². The number of hydrogen-bond acceptors (Lipinski definition) is 2. The summed E-state index contributed by atoms with van der Waals surface area (Å²) in [4.78, 5) is 2.48. The van der Waals surface area contributed by atoms with Gasteiger partial charge in [0.15, 0.2) is 0 Å². The van der Waals surface area contributed by atoms with Crippen LogP contribution in [0.15, 0.2) is 22.8 Å². The summed E-state index contributed by atoms with van der Waals surface area (Å²) < 4.78 is 5.32. The molecule has 0 N–H and O–H groups in total. The smallest absolute Gasteiger partial charge is 0.117 e. The lowest BCUT2D eigenvalue weighted by atomic mass is 10.1. The fourth-order valence-corrected chi connectivity index (χ4v) is 2.01. The first-order chi connectivity index (χ1) is 6.38. The van der Waals surface area contributed by atoms with Crippen LogP contribution < -0.4 is 0 Å². The summed E-state index contributed by atoms with van der Waals surface area (Å²) in [5.41, 5.74) is 0. The molecule has 0 amide bonds. The Balaban J connectivity index is 1.84. The van der Waals surface area contributed by atoms with Crippen LogP contribution in [0, 0.1) is 5.92 Å². The van der Waals surface area contributed by atoms with E-state index in [1.165, 1.54) is 25.9 Å². The van der Waals surface area contributed by atoms with Gasteiger partial charge < -0.3 is 4.42 Å². The highest BCUT2D eigenvalue weighted by molar-refractivity contribution is 4.98. The van der Waals surface area contributed by atoms with Crippen LogP contribution in [-0.4, -0.2) is 18.0 Å². The van der Waals surface area contributed by atoms with Gasteiger partial charge >= 0.3 is 0 Å². The van der Waals surface area contributed by atoms with Gasteiger partial charge in [-0.3, -0.25) is 4.90 Å². The van der Waals surface area contributed by atoms with E-state index >= 15 is 0 Å². The van der Waals surface area contributed by atoms with Crippen molar-refractivity contribution in [3.63, 3.8) is 0 Å². The minimum Gasteiger partial charge on any atom is -0.468 e. The Labute approximate surface area is 79.5 Å². The molecular weight excluding hydrogens is 162 g/mol. The highest BCUT2D eigenvalue weighted by atomic mass is 16.3. The van der Waals surface area contributed by atoms with Crippen LogP contribution in [0.25, 0.3) is 0 Å². The van der Waals surface area contributed by atoms with Gasteiger partial charge in [0.05, 0.1) is 12.8 Å². The molecule has 1 aromatic heterocycles. The normalized spacial score (nSPS) is 23.9. The first-order valence-electron chi connectivity index (χ1n) is 5.13. The summed E-state index contributed by atoms with van der Waals surface area (Å²) >= 11 is 0. The fraction of sp³-hybridized carbons (Fsp3) is 0.636. The van der Waals surface area contributed by atoms with Crippen LogP contribution in [0.4, 0.5) is 0 Å². The Bertz CT molecular complexity index is 243. The average molecular weight is 179 g/mol. The van der Waals surface area contributed by atoms with Crippen LogP contribution in [-0.2, 0) is 6.54 Å². The molecular formula is C11H17NO. The monoisotopic (exact) mass is 179 g/mol. The number of likely N-dealkylation sites (tertiary alicyclic amines) is 1. The van der Waals surface area contributed by atoms with Crippen molar-refractivity contribution in [3.05, 3.63) is 24.2 Å². The van der Waals surface area contributed by atoms with Gasteiger partial charge in [-0.05, 0) is 31.0 Å². The first-order valence-corrected chi connectivity index (χ1v) is 5.13. The molecule has 0 aliphatic carbocycles. The zero-order valence-electron chi connectivity index (χ0n) is 8.20. The van der Waals surface area contributed by atoms with E-state index in [0.29, 0.717) is 0 Å². The zero-order valence-corrected chi connectivity index (χ0v) is 8.20. The molecule has 0 saturated carbocycles. The second-order valence-corrected chi connectivity index (χ2v) is 3.88. The van der Waals surface area contributed by atoms with Crippen LogP contribution in [0.2, 0.25) is 0 Å². The quantitative estimate of drug-likeness (QED) is 0.709. The maximum absolute atomic E-state index is 5.32. The molecule has 0 bridgehead atoms. The molecule has 1 aliphatic rings. The first kappa shape index (κ1) is 8.82. The van der Waals surface area contributed by atoms with Gasteiger partial charge in [-0.1, -0.05) is 13.3 Å². The van der Waals surface area contributed by atoms with E-state index in [4.69, 9.17) is 4.42 Å². The van der Waals surface area contributed by atoms with Gasteiger partial charge in [-0.25, -0.2) is 0 Å². The van der Waals surface area contributed by atoms with Crippen molar-refractivity contribution in [3.8, 4) is 0 Å². The molecule has 13 heavy (non-hydrogen) atoms. The predicted octanol–water partition coefficient (Wildman–Crippen LogP) is 2.51. The summed E-state index contributed by atoms with van der Waals surface area (Å²) in [6.45, 7) is 5.75. The summed E-state index contributed by atoms with van der Waals surface area (Å²) in [6, 6.07) is 4.02. The van der Waals surface area contributed by atoms with E-state index in [2.05, 4.69) is 17.9 Å². The zero-order chi connectivity index (χ0) is 9.10. The Morgan fingerprint density at radius 1 is 1.62 bits per heavy atom. The molecule has 2 heteroatoms. The largest absolute Gasteiger partial charge is 0.468 e. The molecule has 72 valence electrons. The SMILES string of the molecule is CCC1CCN(Cc2ccco2)C1. The Morgan fingerprint density at radius 3 is 3.15 bits per heavy atom. The lowest BCUT2D eigenvalue weighted by Gasteiger charge is -2.13. The highest BCUT2D eigenvalue weighted by Crippen LogP contribution is 2.20.